The molecule has 3 rings (SSSR count). The predicted octanol–water partition coefficient (Wildman–Crippen LogP) is 1.08. The first-order chi connectivity index (χ1) is 13.1. The number of nitrogens with zero attached hydrogens (tertiary/aromatic N) is 2. The van der Waals surface area contributed by atoms with Gasteiger partial charge >= 0.3 is 0 Å². The molecular weight excluding hydrogens is 404 g/mol. The average molecular weight is 429 g/mol. The van der Waals surface area contributed by atoms with Gasteiger partial charge in [-0.2, -0.15) is 0 Å². The molecule has 1 aromatic heterocycles. The summed E-state index contributed by atoms with van der Waals surface area (Å²) in [5, 5.41) is 6.15. The van der Waals surface area contributed by atoms with E-state index in [1.165, 1.54) is 6.20 Å². The quantitative estimate of drug-likeness (QED) is 0.726. The van der Waals surface area contributed by atoms with Crippen molar-refractivity contribution < 1.29 is 18.0 Å². The van der Waals surface area contributed by atoms with Gasteiger partial charge in [-0.15, -0.1) is 0 Å². The fourth-order valence-electron chi connectivity index (χ4n) is 3.78. The molecule has 10 heteroatoms. The molecule has 28 heavy (non-hydrogen) atoms. The number of rotatable bonds is 5. The fourth-order valence-corrected chi connectivity index (χ4v) is 5.98. The van der Waals surface area contributed by atoms with Gasteiger partial charge in [-0.3, -0.25) is 14.5 Å². The minimum Gasteiger partial charge on any atom is -0.349 e. The molecule has 3 heterocycles. The Morgan fingerprint density at radius 3 is 2.82 bits per heavy atom. The average Bonchev–Trinajstić information content (AvgIpc) is 2.89. The lowest BCUT2D eigenvalue weighted by atomic mass is 9.97. The lowest BCUT2D eigenvalue weighted by Gasteiger charge is -2.32. The van der Waals surface area contributed by atoms with Crippen LogP contribution in [0.3, 0.4) is 0 Å². The topological polar surface area (TPSA) is 108 Å². The first kappa shape index (κ1) is 21.0. The van der Waals surface area contributed by atoms with Crippen molar-refractivity contribution in [2.75, 3.05) is 36.5 Å². The minimum atomic E-state index is -3.08. The molecule has 2 fully saturated rings. The summed E-state index contributed by atoms with van der Waals surface area (Å²) in [5.74, 6) is -0.0470. The van der Waals surface area contributed by atoms with Crippen LogP contribution in [-0.2, 0) is 19.4 Å². The van der Waals surface area contributed by atoms with Crippen molar-refractivity contribution in [2.24, 2.45) is 5.92 Å². The Morgan fingerprint density at radius 2 is 2.18 bits per heavy atom. The van der Waals surface area contributed by atoms with Crippen LogP contribution in [0.2, 0.25) is 5.02 Å². The van der Waals surface area contributed by atoms with Crippen molar-refractivity contribution in [3.8, 4) is 0 Å². The van der Waals surface area contributed by atoms with Gasteiger partial charge in [0.2, 0.25) is 11.8 Å². The van der Waals surface area contributed by atoms with E-state index in [0.717, 1.165) is 19.4 Å². The SMILES string of the molecule is C[C@]1(NC(=O)CN2CCC[C@@H](C(=O)Nc3ccc(Cl)cn3)C2)CCS(=O)(=O)C1. The summed E-state index contributed by atoms with van der Waals surface area (Å²) < 4.78 is 23.4. The third kappa shape index (κ3) is 5.65. The van der Waals surface area contributed by atoms with Gasteiger partial charge < -0.3 is 10.6 Å². The highest BCUT2D eigenvalue weighted by Crippen LogP contribution is 2.23. The molecule has 2 aliphatic rings. The van der Waals surface area contributed by atoms with E-state index in [4.69, 9.17) is 11.6 Å². The molecule has 0 unspecified atom stereocenters. The Labute approximate surface area is 169 Å². The van der Waals surface area contributed by atoms with Gasteiger partial charge in [0.05, 0.1) is 34.5 Å². The number of likely N-dealkylation sites (tertiary alicyclic amines) is 1. The number of piperidine rings is 1. The number of halogens is 1. The summed E-state index contributed by atoms with van der Waals surface area (Å²) in [7, 11) is -3.08. The van der Waals surface area contributed by atoms with Crippen LogP contribution < -0.4 is 10.6 Å². The van der Waals surface area contributed by atoms with Crippen LogP contribution in [0.5, 0.6) is 0 Å². The zero-order valence-corrected chi connectivity index (χ0v) is 17.4. The number of pyridine rings is 1. The van der Waals surface area contributed by atoms with Crippen molar-refractivity contribution in [3.05, 3.63) is 23.4 Å². The van der Waals surface area contributed by atoms with Gasteiger partial charge in [-0.05, 0) is 44.9 Å². The molecule has 0 spiro atoms. The number of hydrogen-bond acceptors (Lipinski definition) is 6. The van der Waals surface area contributed by atoms with Gasteiger partial charge in [0.25, 0.3) is 0 Å². The molecule has 2 N–H and O–H groups in total. The number of nitrogens with one attached hydrogen (secondary N) is 2. The number of hydrogen-bond donors (Lipinski definition) is 2. The molecule has 0 radical (unpaired) electrons. The lowest BCUT2D eigenvalue weighted by molar-refractivity contribution is -0.126. The molecule has 154 valence electrons. The van der Waals surface area contributed by atoms with Crippen LogP contribution in [0.1, 0.15) is 26.2 Å². The van der Waals surface area contributed by atoms with Gasteiger partial charge in [0.15, 0.2) is 9.84 Å². The van der Waals surface area contributed by atoms with E-state index in [2.05, 4.69) is 15.6 Å². The van der Waals surface area contributed by atoms with Crippen LogP contribution in [0, 0.1) is 5.92 Å². The first-order valence-corrected chi connectivity index (χ1v) is 11.5. The van der Waals surface area contributed by atoms with Gasteiger partial charge in [-0.25, -0.2) is 13.4 Å². The molecule has 0 aliphatic carbocycles. The second kappa shape index (κ2) is 8.34. The zero-order valence-electron chi connectivity index (χ0n) is 15.8. The van der Waals surface area contributed by atoms with Crippen molar-refractivity contribution in [2.45, 2.75) is 31.7 Å². The molecule has 0 aromatic carbocycles. The summed E-state index contributed by atoms with van der Waals surface area (Å²) in [4.78, 5) is 30.9. The number of amides is 2. The summed E-state index contributed by atoms with van der Waals surface area (Å²) >= 11 is 5.80. The number of carbonyl (C=O) groups excluding carboxylic acids is 2. The van der Waals surface area contributed by atoms with Crippen molar-refractivity contribution >= 4 is 39.1 Å². The Hall–Kier alpha value is -1.71. The highest BCUT2D eigenvalue weighted by Gasteiger charge is 2.39. The fraction of sp³-hybridized carbons (Fsp3) is 0.611. The molecule has 0 saturated carbocycles. The van der Waals surface area contributed by atoms with Crippen molar-refractivity contribution in [3.63, 3.8) is 0 Å². The van der Waals surface area contributed by atoms with Gasteiger partial charge in [0.1, 0.15) is 5.82 Å². The third-order valence-corrected chi connectivity index (χ3v) is 7.29. The smallest absolute Gasteiger partial charge is 0.234 e. The second-order valence-corrected chi connectivity index (χ2v) is 10.5. The Balaban J connectivity index is 1.51. The largest absolute Gasteiger partial charge is 0.349 e. The van der Waals surface area contributed by atoms with Crippen molar-refractivity contribution in [1.29, 1.82) is 0 Å². The second-order valence-electron chi connectivity index (χ2n) is 7.88. The minimum absolute atomic E-state index is 0.0230. The summed E-state index contributed by atoms with van der Waals surface area (Å²) in [6.45, 7) is 3.12. The third-order valence-electron chi connectivity index (χ3n) is 5.17. The van der Waals surface area contributed by atoms with E-state index in [-0.39, 0.29) is 35.8 Å². The monoisotopic (exact) mass is 428 g/mol. The van der Waals surface area contributed by atoms with E-state index >= 15 is 0 Å². The van der Waals surface area contributed by atoms with Crippen LogP contribution >= 0.6 is 11.6 Å². The Morgan fingerprint density at radius 1 is 1.39 bits per heavy atom. The lowest BCUT2D eigenvalue weighted by Crippen LogP contribution is -2.52. The Bertz CT molecular complexity index is 846. The molecule has 2 atom stereocenters. The predicted molar refractivity (Wildman–Crippen MR) is 107 cm³/mol. The number of sulfone groups is 1. The maximum absolute atomic E-state index is 12.5. The van der Waals surface area contributed by atoms with Crippen LogP contribution in [0.25, 0.3) is 0 Å². The zero-order chi connectivity index (χ0) is 20.4. The maximum Gasteiger partial charge on any atom is 0.234 e. The van der Waals surface area contributed by atoms with Crippen molar-refractivity contribution in [1.82, 2.24) is 15.2 Å². The molecule has 1 aromatic rings. The molecule has 2 saturated heterocycles. The molecule has 0 bridgehead atoms. The molecule has 2 amide bonds. The standard InChI is InChI=1S/C18H25ClN4O4S/c1-18(6-8-28(26,27)12-18)22-16(24)11-23-7-2-3-13(10-23)17(25)21-15-5-4-14(19)9-20-15/h4-5,9,13H,2-3,6-8,10-12H2,1H3,(H,22,24)(H,20,21,25)/t13-,18+/m1/s1. The van der Waals surface area contributed by atoms with E-state index in [1.807, 2.05) is 4.90 Å². The molecule has 2 aliphatic heterocycles. The number of anilines is 1. The summed E-state index contributed by atoms with van der Waals surface area (Å²) in [6.07, 6.45) is 3.46. The molecular formula is C18H25ClN4O4S. The Kier molecular flexibility index (Phi) is 6.26. The summed E-state index contributed by atoms with van der Waals surface area (Å²) in [5.41, 5.74) is -0.706. The highest BCUT2D eigenvalue weighted by atomic mass is 35.5. The van der Waals surface area contributed by atoms with Crippen LogP contribution in [0.15, 0.2) is 18.3 Å². The van der Waals surface area contributed by atoms with Crippen LogP contribution in [-0.4, -0.2) is 66.8 Å². The van der Waals surface area contributed by atoms with Crippen LogP contribution in [0.4, 0.5) is 5.82 Å². The van der Waals surface area contributed by atoms with E-state index in [9.17, 15) is 18.0 Å². The summed E-state index contributed by atoms with van der Waals surface area (Å²) in [6, 6.07) is 3.30. The van der Waals surface area contributed by atoms with Gasteiger partial charge in [-0.1, -0.05) is 11.6 Å². The van der Waals surface area contributed by atoms with Gasteiger partial charge in [0, 0.05) is 12.7 Å². The maximum atomic E-state index is 12.5. The van der Waals surface area contributed by atoms with E-state index in [1.54, 1.807) is 19.1 Å². The first-order valence-electron chi connectivity index (χ1n) is 9.30. The van der Waals surface area contributed by atoms with E-state index in [0.29, 0.717) is 23.8 Å². The number of aromatic nitrogens is 1. The highest BCUT2D eigenvalue weighted by molar-refractivity contribution is 7.91. The molecule has 8 nitrogen and oxygen atoms in total. The normalized spacial score (nSPS) is 27.3. The van der Waals surface area contributed by atoms with E-state index < -0.39 is 15.4 Å². The number of carbonyl (C=O) groups is 2.